The highest BCUT2D eigenvalue weighted by molar-refractivity contribution is 6.31. The Balaban J connectivity index is 1.53. The fraction of sp³-hybridized carbons (Fsp3) is 0.357. The van der Waals surface area contributed by atoms with E-state index in [1.165, 1.54) is 12.8 Å². The summed E-state index contributed by atoms with van der Waals surface area (Å²) in [6, 6.07) is 8.22. The molecule has 1 aliphatic carbocycles. The summed E-state index contributed by atoms with van der Waals surface area (Å²) in [5, 5.41) is 4.05. The van der Waals surface area contributed by atoms with Crippen molar-refractivity contribution in [3.05, 3.63) is 46.8 Å². The second-order valence-corrected chi connectivity index (χ2v) is 5.05. The van der Waals surface area contributed by atoms with E-state index in [0.29, 0.717) is 17.7 Å². The quantitative estimate of drug-likeness (QED) is 0.882. The van der Waals surface area contributed by atoms with E-state index in [2.05, 4.69) is 10.3 Å². The zero-order chi connectivity index (χ0) is 13.1. The maximum atomic E-state index is 6.05. The topological polar surface area (TPSA) is 47.3 Å². The number of aromatic nitrogens is 1. The molecule has 0 amide bonds. The minimum absolute atomic E-state index is 0.285. The van der Waals surface area contributed by atoms with E-state index in [4.69, 9.17) is 20.8 Å². The van der Waals surface area contributed by atoms with E-state index < -0.39 is 0 Å². The van der Waals surface area contributed by atoms with Crippen molar-refractivity contribution in [2.75, 3.05) is 0 Å². The normalized spacial score (nSPS) is 14.6. The van der Waals surface area contributed by atoms with Gasteiger partial charge in [0, 0.05) is 23.2 Å². The highest BCUT2D eigenvalue weighted by Gasteiger charge is 2.20. The van der Waals surface area contributed by atoms with Gasteiger partial charge in [0.2, 0.25) is 0 Å². The Hall–Kier alpha value is -1.52. The fourth-order valence-electron chi connectivity index (χ4n) is 1.73. The molecule has 1 aliphatic rings. The number of halogens is 1. The van der Waals surface area contributed by atoms with E-state index >= 15 is 0 Å². The van der Waals surface area contributed by atoms with Crippen molar-refractivity contribution in [3.8, 4) is 6.08 Å². The average Bonchev–Trinajstić information content (AvgIpc) is 3.14. The molecule has 5 heteroatoms. The highest BCUT2D eigenvalue weighted by Crippen LogP contribution is 2.20. The summed E-state index contributed by atoms with van der Waals surface area (Å²) in [4.78, 5) is 4.26. The first kappa shape index (κ1) is 12.5. The summed E-state index contributed by atoms with van der Waals surface area (Å²) >= 11 is 6.05. The van der Waals surface area contributed by atoms with Gasteiger partial charge in [-0.1, -0.05) is 29.8 Å². The summed E-state index contributed by atoms with van der Waals surface area (Å²) in [5.41, 5.74) is 1.78. The zero-order valence-corrected chi connectivity index (χ0v) is 11.2. The van der Waals surface area contributed by atoms with Crippen LogP contribution in [0.4, 0.5) is 0 Å². The molecule has 1 fully saturated rings. The monoisotopic (exact) mass is 278 g/mol. The summed E-state index contributed by atoms with van der Waals surface area (Å²) < 4.78 is 10.7. The number of rotatable bonds is 6. The molecule has 3 rings (SSSR count). The molecule has 19 heavy (non-hydrogen) atoms. The number of ether oxygens (including phenoxy) is 1. The predicted octanol–water partition coefficient (Wildman–Crippen LogP) is 3.16. The molecule has 100 valence electrons. The van der Waals surface area contributed by atoms with Gasteiger partial charge in [0.15, 0.2) is 0 Å². The molecule has 4 nitrogen and oxygen atoms in total. The molecule has 0 radical (unpaired) electrons. The Kier molecular flexibility index (Phi) is 3.71. The molecular formula is C14H15ClN2O2. The lowest BCUT2D eigenvalue weighted by Gasteiger charge is -2.03. The lowest BCUT2D eigenvalue weighted by molar-refractivity contribution is 0.220. The Labute approximate surface area is 116 Å². The molecule has 0 aliphatic heterocycles. The van der Waals surface area contributed by atoms with E-state index in [-0.39, 0.29) is 6.08 Å². The third kappa shape index (κ3) is 3.49. The van der Waals surface area contributed by atoms with Crippen molar-refractivity contribution in [2.45, 2.75) is 32.0 Å². The number of hydrogen-bond donors (Lipinski definition) is 1. The lowest BCUT2D eigenvalue weighted by atomic mass is 10.2. The maximum Gasteiger partial charge on any atom is 0.394 e. The first-order valence-electron chi connectivity index (χ1n) is 6.35. The molecule has 0 atom stereocenters. The predicted molar refractivity (Wildman–Crippen MR) is 72.1 cm³/mol. The Morgan fingerprint density at radius 1 is 1.37 bits per heavy atom. The minimum Gasteiger partial charge on any atom is -0.445 e. The van der Waals surface area contributed by atoms with E-state index in [9.17, 15) is 0 Å². The third-order valence-corrected chi connectivity index (χ3v) is 3.36. The van der Waals surface area contributed by atoms with Crippen LogP contribution in [0.5, 0.6) is 6.08 Å². The van der Waals surface area contributed by atoms with Crippen molar-refractivity contribution in [3.63, 3.8) is 0 Å². The SMILES string of the molecule is Clc1ccccc1COc1nc(CNC2CC2)co1. The molecule has 1 N–H and O–H groups in total. The molecule has 0 saturated heterocycles. The standard InChI is InChI=1S/C14H15ClN2O2/c15-13-4-2-1-3-10(13)8-18-14-17-12(9-19-14)7-16-11-5-6-11/h1-4,9,11,16H,5-8H2. The molecule has 2 aromatic rings. The molecule has 1 aromatic heterocycles. The largest absolute Gasteiger partial charge is 0.445 e. The molecular weight excluding hydrogens is 264 g/mol. The van der Waals surface area contributed by atoms with Gasteiger partial charge in [0.1, 0.15) is 12.9 Å². The van der Waals surface area contributed by atoms with Gasteiger partial charge in [-0.25, -0.2) is 0 Å². The van der Waals surface area contributed by atoms with Gasteiger partial charge in [-0.2, -0.15) is 4.98 Å². The summed E-state index contributed by atoms with van der Waals surface area (Å²) in [5.74, 6) is 0. The first-order valence-corrected chi connectivity index (χ1v) is 6.73. The molecule has 1 heterocycles. The van der Waals surface area contributed by atoms with Crippen LogP contribution in [0.15, 0.2) is 34.9 Å². The minimum atomic E-state index is 0.285. The Morgan fingerprint density at radius 2 is 2.21 bits per heavy atom. The second-order valence-electron chi connectivity index (χ2n) is 4.64. The van der Waals surface area contributed by atoms with Crippen LogP contribution in [0, 0.1) is 0 Å². The lowest BCUT2D eigenvalue weighted by Crippen LogP contribution is -2.15. The highest BCUT2D eigenvalue weighted by atomic mass is 35.5. The Morgan fingerprint density at radius 3 is 3.00 bits per heavy atom. The van der Waals surface area contributed by atoms with Gasteiger partial charge in [-0.05, 0) is 18.9 Å². The van der Waals surface area contributed by atoms with Gasteiger partial charge < -0.3 is 14.5 Å². The van der Waals surface area contributed by atoms with E-state index in [1.807, 2.05) is 24.3 Å². The van der Waals surface area contributed by atoms with Crippen molar-refractivity contribution in [1.82, 2.24) is 10.3 Å². The van der Waals surface area contributed by atoms with Gasteiger partial charge in [-0.15, -0.1) is 0 Å². The van der Waals surface area contributed by atoms with Gasteiger partial charge in [0.25, 0.3) is 0 Å². The van der Waals surface area contributed by atoms with Crippen molar-refractivity contribution in [1.29, 1.82) is 0 Å². The van der Waals surface area contributed by atoms with Gasteiger partial charge in [0.05, 0.1) is 5.69 Å². The number of hydrogen-bond acceptors (Lipinski definition) is 4. The fourth-order valence-corrected chi connectivity index (χ4v) is 1.92. The van der Waals surface area contributed by atoms with Crippen LogP contribution in [-0.4, -0.2) is 11.0 Å². The van der Waals surface area contributed by atoms with E-state index in [1.54, 1.807) is 6.26 Å². The van der Waals surface area contributed by atoms with Crippen molar-refractivity contribution >= 4 is 11.6 Å². The van der Waals surface area contributed by atoms with E-state index in [0.717, 1.165) is 17.8 Å². The number of oxazole rings is 1. The van der Waals surface area contributed by atoms with Crippen LogP contribution in [0.3, 0.4) is 0 Å². The summed E-state index contributed by atoms with van der Waals surface area (Å²) in [7, 11) is 0. The van der Waals surface area contributed by atoms with Crippen molar-refractivity contribution < 1.29 is 9.15 Å². The smallest absolute Gasteiger partial charge is 0.394 e. The number of nitrogens with one attached hydrogen (secondary N) is 1. The van der Waals surface area contributed by atoms with Crippen LogP contribution in [-0.2, 0) is 13.2 Å². The van der Waals surface area contributed by atoms with Crippen LogP contribution in [0.1, 0.15) is 24.1 Å². The maximum absolute atomic E-state index is 6.05. The zero-order valence-electron chi connectivity index (χ0n) is 10.4. The summed E-state index contributed by atoms with van der Waals surface area (Å²) in [6.07, 6.45) is 4.42. The molecule has 0 bridgehead atoms. The van der Waals surface area contributed by atoms with Crippen LogP contribution < -0.4 is 10.1 Å². The third-order valence-electron chi connectivity index (χ3n) is 2.99. The molecule has 0 spiro atoms. The second kappa shape index (κ2) is 5.63. The Bertz CT molecular complexity index is 552. The summed E-state index contributed by atoms with van der Waals surface area (Å²) in [6.45, 7) is 1.08. The molecule has 1 saturated carbocycles. The van der Waals surface area contributed by atoms with Crippen LogP contribution >= 0.6 is 11.6 Å². The average molecular weight is 279 g/mol. The van der Waals surface area contributed by atoms with Crippen LogP contribution in [0.25, 0.3) is 0 Å². The first-order chi connectivity index (χ1) is 9.31. The van der Waals surface area contributed by atoms with Gasteiger partial charge in [-0.3, -0.25) is 0 Å². The van der Waals surface area contributed by atoms with Gasteiger partial charge >= 0.3 is 6.08 Å². The molecule has 0 unspecified atom stereocenters. The number of nitrogens with zero attached hydrogens (tertiary/aromatic N) is 1. The van der Waals surface area contributed by atoms with Crippen LogP contribution in [0.2, 0.25) is 5.02 Å². The van der Waals surface area contributed by atoms with Crippen molar-refractivity contribution in [2.24, 2.45) is 0 Å². The number of benzene rings is 1. The molecule has 1 aromatic carbocycles.